The monoisotopic (exact) mass is 452 g/mol. The van der Waals surface area contributed by atoms with Gasteiger partial charge in [-0.2, -0.15) is 0 Å². The number of nitrogens with zero attached hydrogens (tertiary/aromatic N) is 1. The van der Waals surface area contributed by atoms with Gasteiger partial charge in [0.15, 0.2) is 0 Å². The molecule has 1 heterocycles. The first-order chi connectivity index (χ1) is 16.0. The topological polar surface area (TPSA) is 49.4 Å². The third-order valence-corrected chi connectivity index (χ3v) is 6.65. The van der Waals surface area contributed by atoms with Gasteiger partial charge in [-0.05, 0) is 90.8 Å². The summed E-state index contributed by atoms with van der Waals surface area (Å²) >= 11 is 0. The van der Waals surface area contributed by atoms with E-state index in [9.17, 15) is 9.59 Å². The molecular formula is C30H32N2O2. The van der Waals surface area contributed by atoms with E-state index in [4.69, 9.17) is 0 Å². The van der Waals surface area contributed by atoms with Gasteiger partial charge in [-0.25, -0.2) is 4.90 Å². The Labute approximate surface area is 202 Å². The van der Waals surface area contributed by atoms with Gasteiger partial charge < -0.3 is 5.32 Å². The van der Waals surface area contributed by atoms with Crippen molar-refractivity contribution in [3.63, 3.8) is 0 Å². The molecule has 4 rings (SSSR count). The number of anilines is 2. The maximum absolute atomic E-state index is 13.7. The first kappa shape index (κ1) is 23.5. The molecule has 0 aromatic heterocycles. The van der Waals surface area contributed by atoms with Crippen LogP contribution in [0.15, 0.2) is 66.4 Å². The van der Waals surface area contributed by atoms with Gasteiger partial charge in [0, 0.05) is 5.69 Å². The fourth-order valence-electron chi connectivity index (χ4n) is 4.12. The Kier molecular flexibility index (Phi) is 5.94. The van der Waals surface area contributed by atoms with Crippen LogP contribution in [0.25, 0.3) is 5.57 Å². The summed E-state index contributed by atoms with van der Waals surface area (Å²) in [6.07, 6.45) is 0. The Bertz CT molecular complexity index is 1320. The summed E-state index contributed by atoms with van der Waals surface area (Å²) in [5.41, 5.74) is 8.41. The van der Waals surface area contributed by atoms with Crippen LogP contribution in [0.2, 0.25) is 0 Å². The Hall–Kier alpha value is -3.66. The lowest BCUT2D eigenvalue weighted by molar-refractivity contribution is -0.120. The largest absolute Gasteiger partial charge is 0.350 e. The number of carbonyl (C=O) groups excluding carboxylic acids is 2. The van der Waals surface area contributed by atoms with Gasteiger partial charge in [0.25, 0.3) is 11.8 Å². The molecule has 0 radical (unpaired) electrons. The van der Waals surface area contributed by atoms with Crippen LogP contribution in [-0.2, 0) is 15.0 Å². The Morgan fingerprint density at radius 3 is 1.82 bits per heavy atom. The molecule has 0 bridgehead atoms. The zero-order chi connectivity index (χ0) is 24.8. The van der Waals surface area contributed by atoms with Gasteiger partial charge in [0.2, 0.25) is 0 Å². The molecule has 3 aromatic carbocycles. The van der Waals surface area contributed by atoms with E-state index in [1.54, 1.807) is 0 Å². The first-order valence-corrected chi connectivity index (χ1v) is 11.6. The number of imide groups is 1. The van der Waals surface area contributed by atoms with E-state index in [0.717, 1.165) is 33.5 Å². The molecule has 0 unspecified atom stereocenters. The molecule has 2 amide bonds. The van der Waals surface area contributed by atoms with Crippen LogP contribution in [0.1, 0.15) is 54.2 Å². The molecule has 0 atom stereocenters. The molecule has 0 saturated heterocycles. The fraction of sp³-hybridized carbons (Fsp3) is 0.267. The maximum atomic E-state index is 13.7. The molecule has 1 aliphatic rings. The van der Waals surface area contributed by atoms with E-state index in [1.807, 2.05) is 88.4 Å². The summed E-state index contributed by atoms with van der Waals surface area (Å²) in [4.78, 5) is 28.7. The van der Waals surface area contributed by atoms with Crippen molar-refractivity contribution in [2.24, 2.45) is 0 Å². The molecular weight excluding hydrogens is 420 g/mol. The second kappa shape index (κ2) is 8.60. The van der Waals surface area contributed by atoms with Crippen molar-refractivity contribution in [1.82, 2.24) is 0 Å². The summed E-state index contributed by atoms with van der Waals surface area (Å²) < 4.78 is 0. The van der Waals surface area contributed by atoms with Crippen LogP contribution >= 0.6 is 0 Å². The number of carbonyl (C=O) groups is 2. The predicted octanol–water partition coefficient (Wildman–Crippen LogP) is 6.61. The standard InChI is InChI=1S/C30H32N2O2/c1-18-8-10-22(16-20(18)3)26-27(31-24-13-9-19(2)21(4)17-24)29(34)32(28(26)33)25-14-11-23(12-15-25)30(5,6)7/h8-17,31H,1-7H3. The predicted molar refractivity (Wildman–Crippen MR) is 140 cm³/mol. The molecule has 34 heavy (non-hydrogen) atoms. The van der Waals surface area contributed by atoms with Crippen molar-refractivity contribution < 1.29 is 9.59 Å². The number of aryl methyl sites for hydroxylation is 4. The van der Waals surface area contributed by atoms with E-state index in [0.29, 0.717) is 17.0 Å². The van der Waals surface area contributed by atoms with E-state index in [-0.39, 0.29) is 17.2 Å². The molecule has 3 aromatic rings. The normalized spacial score (nSPS) is 14.3. The minimum absolute atomic E-state index is 0.0175. The van der Waals surface area contributed by atoms with Gasteiger partial charge >= 0.3 is 0 Å². The van der Waals surface area contributed by atoms with Crippen molar-refractivity contribution >= 4 is 28.8 Å². The number of rotatable bonds is 4. The quantitative estimate of drug-likeness (QED) is 0.453. The molecule has 0 fully saturated rings. The number of hydrogen-bond donors (Lipinski definition) is 1. The summed E-state index contributed by atoms with van der Waals surface area (Å²) in [5, 5.41) is 3.27. The second-order valence-corrected chi connectivity index (χ2v) is 10.2. The van der Waals surface area contributed by atoms with Crippen molar-refractivity contribution in [2.45, 2.75) is 53.9 Å². The molecule has 1 aliphatic heterocycles. The second-order valence-electron chi connectivity index (χ2n) is 10.2. The summed E-state index contributed by atoms with van der Waals surface area (Å²) in [7, 11) is 0. The van der Waals surface area contributed by atoms with Crippen LogP contribution in [-0.4, -0.2) is 11.8 Å². The van der Waals surface area contributed by atoms with E-state index in [1.165, 1.54) is 10.5 Å². The molecule has 4 nitrogen and oxygen atoms in total. The van der Waals surface area contributed by atoms with Crippen molar-refractivity contribution in [2.75, 3.05) is 10.2 Å². The third kappa shape index (κ3) is 4.28. The molecule has 0 aliphatic carbocycles. The van der Waals surface area contributed by atoms with Gasteiger partial charge in [-0.1, -0.05) is 57.2 Å². The molecule has 4 heteroatoms. The molecule has 0 spiro atoms. The number of amides is 2. The van der Waals surface area contributed by atoms with Crippen LogP contribution in [0.4, 0.5) is 11.4 Å². The minimum Gasteiger partial charge on any atom is -0.350 e. The van der Waals surface area contributed by atoms with Crippen LogP contribution < -0.4 is 10.2 Å². The SMILES string of the molecule is Cc1ccc(NC2=C(c3ccc(C)c(C)c3)C(=O)N(c3ccc(C(C)(C)C)cc3)C2=O)cc1C. The highest BCUT2D eigenvalue weighted by Gasteiger charge is 2.40. The highest BCUT2D eigenvalue weighted by Crippen LogP contribution is 2.35. The third-order valence-electron chi connectivity index (χ3n) is 6.65. The molecule has 1 N–H and O–H groups in total. The highest BCUT2D eigenvalue weighted by atomic mass is 16.2. The van der Waals surface area contributed by atoms with Gasteiger partial charge in [0.1, 0.15) is 5.70 Å². The Morgan fingerprint density at radius 1 is 0.676 bits per heavy atom. The molecule has 0 saturated carbocycles. The van der Waals surface area contributed by atoms with Crippen molar-refractivity contribution in [3.05, 3.63) is 99.7 Å². The van der Waals surface area contributed by atoms with Crippen LogP contribution in [0.3, 0.4) is 0 Å². The van der Waals surface area contributed by atoms with Gasteiger partial charge in [0.05, 0.1) is 11.3 Å². The summed E-state index contributed by atoms with van der Waals surface area (Å²) in [6, 6.07) is 19.5. The van der Waals surface area contributed by atoms with Crippen LogP contribution in [0.5, 0.6) is 0 Å². The molecule has 174 valence electrons. The van der Waals surface area contributed by atoms with Gasteiger partial charge in [-0.15, -0.1) is 0 Å². The average Bonchev–Trinajstić information content (AvgIpc) is 3.01. The minimum atomic E-state index is -0.347. The van der Waals surface area contributed by atoms with Crippen LogP contribution in [0, 0.1) is 27.7 Å². The van der Waals surface area contributed by atoms with Crippen molar-refractivity contribution in [1.29, 1.82) is 0 Å². The van der Waals surface area contributed by atoms with Crippen molar-refractivity contribution in [3.8, 4) is 0 Å². The lowest BCUT2D eigenvalue weighted by Crippen LogP contribution is -2.32. The smallest absolute Gasteiger partial charge is 0.282 e. The number of nitrogens with one attached hydrogen (secondary N) is 1. The number of benzene rings is 3. The number of hydrogen-bond acceptors (Lipinski definition) is 3. The van der Waals surface area contributed by atoms with E-state index >= 15 is 0 Å². The highest BCUT2D eigenvalue weighted by molar-refractivity contribution is 6.46. The summed E-state index contributed by atoms with van der Waals surface area (Å²) in [6.45, 7) is 14.5. The maximum Gasteiger partial charge on any atom is 0.282 e. The van der Waals surface area contributed by atoms with E-state index < -0.39 is 0 Å². The zero-order valence-corrected chi connectivity index (χ0v) is 21.0. The van der Waals surface area contributed by atoms with E-state index in [2.05, 4.69) is 26.1 Å². The Morgan fingerprint density at radius 2 is 1.26 bits per heavy atom. The fourth-order valence-corrected chi connectivity index (χ4v) is 4.12. The Balaban J connectivity index is 1.81. The zero-order valence-electron chi connectivity index (χ0n) is 21.0. The lowest BCUT2D eigenvalue weighted by atomic mass is 9.87. The lowest BCUT2D eigenvalue weighted by Gasteiger charge is -2.21. The summed E-state index contributed by atoms with van der Waals surface area (Å²) in [5.74, 6) is -0.664. The first-order valence-electron chi connectivity index (χ1n) is 11.6. The van der Waals surface area contributed by atoms with Gasteiger partial charge in [-0.3, -0.25) is 9.59 Å². The average molecular weight is 453 g/mol.